The molecule has 1 saturated carbocycles. The fourth-order valence-corrected chi connectivity index (χ4v) is 1.56. The van der Waals surface area contributed by atoms with E-state index in [-0.39, 0.29) is 12.5 Å². The van der Waals surface area contributed by atoms with Crippen LogP contribution >= 0.6 is 0 Å². The van der Waals surface area contributed by atoms with Crippen molar-refractivity contribution in [3.05, 3.63) is 0 Å². The molecule has 1 amide bonds. The minimum absolute atomic E-state index is 0.0776. The van der Waals surface area contributed by atoms with E-state index in [1.165, 1.54) is 0 Å². The maximum Gasteiger partial charge on any atom is 0.222 e. The molecule has 4 nitrogen and oxygen atoms in total. The molecule has 0 spiro atoms. The Morgan fingerprint density at radius 1 is 1.57 bits per heavy atom. The molecule has 1 aliphatic carbocycles. The van der Waals surface area contributed by atoms with Crippen LogP contribution in [0.2, 0.25) is 0 Å². The second kappa shape index (κ2) is 5.98. The summed E-state index contributed by atoms with van der Waals surface area (Å²) in [5.41, 5.74) is 0. The lowest BCUT2D eigenvalue weighted by Gasteiger charge is -2.21. The normalized spacial score (nSPS) is 15.6. The Kier molecular flexibility index (Phi) is 4.90. The van der Waals surface area contributed by atoms with Gasteiger partial charge in [0.1, 0.15) is 0 Å². The molecule has 1 fully saturated rings. The van der Waals surface area contributed by atoms with Gasteiger partial charge < -0.3 is 15.3 Å². The van der Waals surface area contributed by atoms with E-state index < -0.39 is 0 Å². The van der Waals surface area contributed by atoms with Gasteiger partial charge in [0, 0.05) is 19.0 Å². The Morgan fingerprint density at radius 2 is 2.29 bits per heavy atom. The number of rotatable bonds is 7. The Balaban J connectivity index is 2.23. The van der Waals surface area contributed by atoms with Crippen LogP contribution in [0.15, 0.2) is 0 Å². The van der Waals surface area contributed by atoms with E-state index in [0.29, 0.717) is 19.0 Å². The van der Waals surface area contributed by atoms with Crippen LogP contribution in [0.4, 0.5) is 0 Å². The topological polar surface area (TPSA) is 52.6 Å². The van der Waals surface area contributed by atoms with Crippen molar-refractivity contribution in [1.82, 2.24) is 10.2 Å². The molecule has 0 aliphatic heterocycles. The van der Waals surface area contributed by atoms with Gasteiger partial charge in [-0.25, -0.2) is 0 Å². The first kappa shape index (κ1) is 11.5. The molecule has 0 aromatic rings. The summed E-state index contributed by atoms with van der Waals surface area (Å²) in [6, 6.07) is 0.421. The van der Waals surface area contributed by atoms with Gasteiger partial charge in [-0.3, -0.25) is 4.79 Å². The van der Waals surface area contributed by atoms with E-state index in [1.807, 2.05) is 11.9 Å². The molecular weight excluding hydrogens is 180 g/mol. The van der Waals surface area contributed by atoms with Crippen LogP contribution in [0.3, 0.4) is 0 Å². The lowest BCUT2D eigenvalue weighted by atomic mass is 10.2. The Labute approximate surface area is 85.3 Å². The van der Waals surface area contributed by atoms with Crippen molar-refractivity contribution in [3.63, 3.8) is 0 Å². The van der Waals surface area contributed by atoms with Crippen molar-refractivity contribution in [2.24, 2.45) is 0 Å². The van der Waals surface area contributed by atoms with Gasteiger partial charge >= 0.3 is 0 Å². The molecular formula is C10H20N2O2. The van der Waals surface area contributed by atoms with Crippen molar-refractivity contribution in [1.29, 1.82) is 0 Å². The third kappa shape index (κ3) is 3.64. The average molecular weight is 200 g/mol. The lowest BCUT2D eigenvalue weighted by Crippen LogP contribution is -2.35. The van der Waals surface area contributed by atoms with E-state index in [4.69, 9.17) is 5.11 Å². The highest BCUT2D eigenvalue weighted by Gasteiger charge is 2.31. The summed E-state index contributed by atoms with van der Waals surface area (Å²) in [6.07, 6.45) is 3.69. The highest BCUT2D eigenvalue weighted by atomic mass is 16.3. The predicted octanol–water partition coefficient (Wildman–Crippen LogP) is -0.0307. The smallest absolute Gasteiger partial charge is 0.222 e. The maximum atomic E-state index is 11.7. The zero-order chi connectivity index (χ0) is 10.4. The van der Waals surface area contributed by atoms with Crippen LogP contribution in [0.1, 0.15) is 25.7 Å². The number of amides is 1. The molecule has 0 saturated heterocycles. The SMILES string of the molecule is CNCCCC(=O)N(CCO)C1CC1. The van der Waals surface area contributed by atoms with Gasteiger partial charge in [-0.1, -0.05) is 0 Å². The summed E-state index contributed by atoms with van der Waals surface area (Å²) in [5.74, 6) is 0.191. The third-order valence-electron chi connectivity index (χ3n) is 2.47. The summed E-state index contributed by atoms with van der Waals surface area (Å²) in [7, 11) is 1.89. The molecule has 0 unspecified atom stereocenters. The quantitative estimate of drug-likeness (QED) is 0.567. The third-order valence-corrected chi connectivity index (χ3v) is 2.47. The van der Waals surface area contributed by atoms with Gasteiger partial charge in [-0.15, -0.1) is 0 Å². The highest BCUT2D eigenvalue weighted by Crippen LogP contribution is 2.27. The van der Waals surface area contributed by atoms with Crippen LogP contribution in [0.5, 0.6) is 0 Å². The first-order chi connectivity index (χ1) is 6.79. The Morgan fingerprint density at radius 3 is 2.79 bits per heavy atom. The largest absolute Gasteiger partial charge is 0.395 e. The molecule has 0 bridgehead atoms. The number of nitrogens with one attached hydrogen (secondary N) is 1. The molecule has 0 heterocycles. The summed E-state index contributed by atoms with van der Waals surface area (Å²) < 4.78 is 0. The zero-order valence-corrected chi connectivity index (χ0v) is 8.83. The van der Waals surface area contributed by atoms with Crippen molar-refractivity contribution in [2.45, 2.75) is 31.7 Å². The van der Waals surface area contributed by atoms with Gasteiger partial charge in [-0.05, 0) is 32.9 Å². The molecule has 2 N–H and O–H groups in total. The van der Waals surface area contributed by atoms with Gasteiger partial charge in [0.15, 0.2) is 0 Å². The molecule has 14 heavy (non-hydrogen) atoms. The number of nitrogens with zero attached hydrogens (tertiary/aromatic N) is 1. The summed E-state index contributed by atoms with van der Waals surface area (Å²) in [5, 5.41) is 11.8. The second-order valence-corrected chi connectivity index (χ2v) is 3.75. The Bertz CT molecular complexity index is 181. The molecule has 0 atom stereocenters. The highest BCUT2D eigenvalue weighted by molar-refractivity contribution is 5.76. The van der Waals surface area contributed by atoms with Crippen LogP contribution in [-0.2, 0) is 4.79 Å². The predicted molar refractivity (Wildman–Crippen MR) is 55.0 cm³/mol. The minimum atomic E-state index is 0.0776. The van der Waals surface area contributed by atoms with E-state index in [1.54, 1.807) is 0 Å². The van der Waals surface area contributed by atoms with Crippen LogP contribution in [0, 0.1) is 0 Å². The second-order valence-electron chi connectivity index (χ2n) is 3.75. The first-order valence-electron chi connectivity index (χ1n) is 5.34. The number of hydrogen-bond acceptors (Lipinski definition) is 3. The molecule has 4 heteroatoms. The van der Waals surface area contributed by atoms with E-state index in [2.05, 4.69) is 5.32 Å². The fourth-order valence-electron chi connectivity index (χ4n) is 1.56. The molecule has 1 aliphatic rings. The van der Waals surface area contributed by atoms with Crippen molar-refractivity contribution in [2.75, 3.05) is 26.7 Å². The molecule has 0 radical (unpaired) electrons. The number of hydrogen-bond donors (Lipinski definition) is 2. The monoisotopic (exact) mass is 200 g/mol. The van der Waals surface area contributed by atoms with Crippen LogP contribution in [-0.4, -0.2) is 48.7 Å². The molecule has 82 valence electrons. The lowest BCUT2D eigenvalue weighted by molar-refractivity contribution is -0.132. The van der Waals surface area contributed by atoms with Gasteiger partial charge in [-0.2, -0.15) is 0 Å². The average Bonchev–Trinajstić information content (AvgIpc) is 2.98. The number of aliphatic hydroxyl groups is 1. The zero-order valence-electron chi connectivity index (χ0n) is 8.83. The van der Waals surface area contributed by atoms with Crippen molar-refractivity contribution >= 4 is 5.91 Å². The van der Waals surface area contributed by atoms with Gasteiger partial charge in [0.2, 0.25) is 5.91 Å². The minimum Gasteiger partial charge on any atom is -0.395 e. The molecule has 0 aromatic carbocycles. The van der Waals surface area contributed by atoms with Gasteiger partial charge in [0.25, 0.3) is 0 Å². The van der Waals surface area contributed by atoms with E-state index >= 15 is 0 Å². The van der Waals surface area contributed by atoms with Crippen molar-refractivity contribution < 1.29 is 9.90 Å². The fraction of sp³-hybridized carbons (Fsp3) is 0.900. The van der Waals surface area contributed by atoms with E-state index in [9.17, 15) is 4.79 Å². The number of carbonyl (C=O) groups is 1. The Hall–Kier alpha value is -0.610. The number of aliphatic hydroxyl groups excluding tert-OH is 1. The number of carbonyl (C=O) groups excluding carboxylic acids is 1. The standard InChI is InChI=1S/C10H20N2O2/c1-11-6-2-3-10(14)12(7-8-13)9-4-5-9/h9,11,13H,2-8H2,1H3. The molecule has 0 aromatic heterocycles. The summed E-state index contributed by atoms with van der Waals surface area (Å²) in [4.78, 5) is 13.5. The van der Waals surface area contributed by atoms with Gasteiger partial charge in [0.05, 0.1) is 6.61 Å². The molecule has 1 rings (SSSR count). The summed E-state index contributed by atoms with van der Waals surface area (Å²) >= 11 is 0. The maximum absolute atomic E-state index is 11.7. The summed E-state index contributed by atoms with van der Waals surface area (Å²) in [6.45, 7) is 1.46. The van der Waals surface area contributed by atoms with E-state index in [0.717, 1.165) is 25.8 Å². The van der Waals surface area contributed by atoms with Crippen LogP contribution < -0.4 is 5.32 Å². The van der Waals surface area contributed by atoms with Crippen LogP contribution in [0.25, 0.3) is 0 Å². The first-order valence-corrected chi connectivity index (χ1v) is 5.34. The van der Waals surface area contributed by atoms with Crippen molar-refractivity contribution in [3.8, 4) is 0 Å².